The molecule has 1 fully saturated rings. The molecule has 2 aliphatic heterocycles. The van der Waals surface area contributed by atoms with Crippen molar-refractivity contribution >= 4 is 29.5 Å². The molecule has 4 N–H and O–H groups in total. The molecule has 9 heteroatoms. The van der Waals surface area contributed by atoms with Gasteiger partial charge in [0.25, 0.3) is 5.91 Å². The van der Waals surface area contributed by atoms with E-state index in [-0.39, 0.29) is 5.70 Å². The normalized spacial score (nSPS) is 21.2. The highest BCUT2D eigenvalue weighted by molar-refractivity contribution is 8.00. The number of fused-ring (bicyclic) bond motifs is 1. The third-order valence-electron chi connectivity index (χ3n) is 5.42. The molecular weight excluding hydrogens is 416 g/mol. The number of hydrogen-bond acceptors (Lipinski definition) is 5. The lowest BCUT2D eigenvalue weighted by molar-refractivity contribution is -0.688. The summed E-state index contributed by atoms with van der Waals surface area (Å²) in [6.07, 6.45) is 3.95. The Kier molecular flexibility index (Phi) is 5.79. The zero-order valence-corrected chi connectivity index (χ0v) is 17.7. The van der Waals surface area contributed by atoms with Crippen LogP contribution in [0.2, 0.25) is 0 Å². The number of carboxylic acids is 1. The van der Waals surface area contributed by atoms with Crippen molar-refractivity contribution in [3.05, 3.63) is 77.3 Å². The molecule has 31 heavy (non-hydrogen) atoms. The van der Waals surface area contributed by atoms with Gasteiger partial charge in [-0.2, -0.15) is 0 Å². The van der Waals surface area contributed by atoms with Crippen LogP contribution in [0.3, 0.4) is 0 Å². The van der Waals surface area contributed by atoms with E-state index in [9.17, 15) is 19.5 Å². The van der Waals surface area contributed by atoms with E-state index in [4.69, 9.17) is 5.73 Å². The third kappa shape index (κ3) is 4.06. The molecule has 3 unspecified atom stereocenters. The summed E-state index contributed by atoms with van der Waals surface area (Å²) >= 11 is 1.43. The van der Waals surface area contributed by atoms with Gasteiger partial charge in [0.15, 0.2) is 18.9 Å². The molecule has 0 radical (unpaired) electrons. The predicted molar refractivity (Wildman–Crippen MR) is 114 cm³/mol. The Morgan fingerprint density at radius 2 is 1.94 bits per heavy atom. The van der Waals surface area contributed by atoms with E-state index in [1.54, 1.807) is 6.92 Å². The van der Waals surface area contributed by atoms with E-state index >= 15 is 0 Å². The minimum absolute atomic E-state index is 0.00965. The van der Waals surface area contributed by atoms with Gasteiger partial charge in [0.2, 0.25) is 5.91 Å². The molecule has 2 amide bonds. The van der Waals surface area contributed by atoms with Crippen LogP contribution in [0.5, 0.6) is 0 Å². The molecule has 0 aliphatic carbocycles. The van der Waals surface area contributed by atoms with Crippen molar-refractivity contribution in [3.63, 3.8) is 0 Å². The smallest absolute Gasteiger partial charge is 0.352 e. The quantitative estimate of drug-likeness (QED) is 0.452. The van der Waals surface area contributed by atoms with Gasteiger partial charge in [0.1, 0.15) is 23.2 Å². The number of β-lactam (4-membered cyclic amide) rings is 1. The van der Waals surface area contributed by atoms with Crippen molar-refractivity contribution in [1.29, 1.82) is 0 Å². The van der Waals surface area contributed by atoms with Gasteiger partial charge in [-0.15, -0.1) is 11.8 Å². The summed E-state index contributed by atoms with van der Waals surface area (Å²) < 4.78 is 2.04. The SMILES string of the molecule is CC1=C(C(=O)O)N2C(=O)C(NC(=O)C(N)c3ccc(C[n+]4ccccc4)cc3)C2SC1. The lowest BCUT2D eigenvalue weighted by atomic mass is 10.0. The molecule has 160 valence electrons. The number of carboxylic acid groups (broad SMARTS) is 1. The lowest BCUT2D eigenvalue weighted by Gasteiger charge is -2.49. The topological polar surface area (TPSA) is 117 Å². The number of carbonyl (C=O) groups excluding carboxylic acids is 2. The number of benzene rings is 1. The van der Waals surface area contributed by atoms with Crippen LogP contribution >= 0.6 is 11.8 Å². The number of nitrogens with one attached hydrogen (secondary N) is 1. The summed E-state index contributed by atoms with van der Waals surface area (Å²) in [4.78, 5) is 37.9. The van der Waals surface area contributed by atoms with Gasteiger partial charge in [-0.25, -0.2) is 9.36 Å². The number of nitrogens with zero attached hydrogens (tertiary/aromatic N) is 2. The molecule has 8 nitrogen and oxygen atoms in total. The van der Waals surface area contributed by atoms with E-state index < -0.39 is 35.2 Å². The van der Waals surface area contributed by atoms with Crippen molar-refractivity contribution < 1.29 is 24.1 Å². The van der Waals surface area contributed by atoms with Crippen LogP contribution in [0.1, 0.15) is 24.1 Å². The van der Waals surface area contributed by atoms with Crippen LogP contribution in [-0.2, 0) is 20.9 Å². The summed E-state index contributed by atoms with van der Waals surface area (Å²) in [7, 11) is 0. The monoisotopic (exact) mass is 439 g/mol. The summed E-state index contributed by atoms with van der Waals surface area (Å²) in [6.45, 7) is 2.40. The van der Waals surface area contributed by atoms with Gasteiger partial charge in [0.05, 0.1) is 0 Å². The van der Waals surface area contributed by atoms with E-state index in [2.05, 4.69) is 5.32 Å². The van der Waals surface area contributed by atoms with E-state index in [0.29, 0.717) is 23.4 Å². The zero-order valence-electron chi connectivity index (χ0n) is 16.9. The molecule has 0 spiro atoms. The molecule has 0 bridgehead atoms. The predicted octanol–water partition coefficient (Wildman–Crippen LogP) is 0.781. The molecular formula is C22H23N4O4S+. The van der Waals surface area contributed by atoms with Gasteiger partial charge < -0.3 is 16.2 Å². The fraction of sp³-hybridized carbons (Fsp3) is 0.273. The first-order valence-corrected chi connectivity index (χ1v) is 10.9. The molecule has 1 saturated heterocycles. The number of carbonyl (C=O) groups is 3. The average Bonchev–Trinajstić information content (AvgIpc) is 2.77. The molecule has 1 aromatic carbocycles. The summed E-state index contributed by atoms with van der Waals surface area (Å²) in [5.41, 5.74) is 8.48. The molecule has 0 saturated carbocycles. The molecule has 3 heterocycles. The number of aliphatic carboxylic acids is 1. The van der Waals surface area contributed by atoms with Gasteiger partial charge in [0, 0.05) is 23.4 Å². The Morgan fingerprint density at radius 1 is 1.26 bits per heavy atom. The number of hydrogen-bond donors (Lipinski definition) is 3. The Balaban J connectivity index is 1.39. The van der Waals surface area contributed by atoms with Gasteiger partial charge in [-0.1, -0.05) is 30.3 Å². The molecule has 3 atom stereocenters. The summed E-state index contributed by atoms with van der Waals surface area (Å²) in [5, 5.41) is 11.7. The fourth-order valence-electron chi connectivity index (χ4n) is 3.75. The largest absolute Gasteiger partial charge is 0.477 e. The van der Waals surface area contributed by atoms with Crippen LogP contribution in [0.25, 0.3) is 0 Å². The van der Waals surface area contributed by atoms with Crippen molar-refractivity contribution in [2.45, 2.75) is 30.9 Å². The molecule has 2 aromatic rings. The second kappa shape index (κ2) is 8.52. The number of nitrogens with two attached hydrogens (primary N) is 1. The third-order valence-corrected chi connectivity index (χ3v) is 6.85. The molecule has 4 rings (SSSR count). The molecule has 2 aliphatic rings. The van der Waals surface area contributed by atoms with Gasteiger partial charge in [-0.3, -0.25) is 14.5 Å². The standard InChI is InChI=1S/C22H22N4O4S/c1-13-12-31-21-17(20(28)26(21)18(13)22(29)30)24-19(27)16(23)15-7-5-14(6-8-15)11-25-9-3-2-4-10-25/h2-10,16-17,21H,11-12,23H2,1H3,(H-,24,27,29,30)/p+1. The first-order chi connectivity index (χ1) is 14.9. The summed E-state index contributed by atoms with van der Waals surface area (Å²) in [5.74, 6) is -1.53. The van der Waals surface area contributed by atoms with Crippen LogP contribution in [-0.4, -0.2) is 45.0 Å². The second-order valence-electron chi connectivity index (χ2n) is 7.60. The van der Waals surface area contributed by atoms with E-state index in [1.807, 2.05) is 59.4 Å². The summed E-state index contributed by atoms with van der Waals surface area (Å²) in [6, 6.07) is 11.6. The maximum Gasteiger partial charge on any atom is 0.352 e. The first-order valence-electron chi connectivity index (χ1n) is 9.83. The Bertz CT molecular complexity index is 1050. The highest BCUT2D eigenvalue weighted by atomic mass is 32.2. The highest BCUT2D eigenvalue weighted by Gasteiger charge is 2.53. The molecule has 1 aromatic heterocycles. The number of thioether (sulfide) groups is 1. The van der Waals surface area contributed by atoms with Gasteiger partial charge in [-0.05, 0) is 18.1 Å². The van der Waals surface area contributed by atoms with E-state index in [0.717, 1.165) is 5.56 Å². The van der Waals surface area contributed by atoms with Crippen molar-refractivity contribution in [2.24, 2.45) is 5.73 Å². The van der Waals surface area contributed by atoms with Crippen LogP contribution in [0.15, 0.2) is 66.1 Å². The van der Waals surface area contributed by atoms with Crippen molar-refractivity contribution in [3.8, 4) is 0 Å². The first kappa shape index (κ1) is 21.1. The zero-order chi connectivity index (χ0) is 22.1. The Morgan fingerprint density at radius 3 is 2.58 bits per heavy atom. The number of amides is 2. The van der Waals surface area contributed by atoms with Crippen LogP contribution < -0.4 is 15.6 Å². The Labute approximate surface area is 183 Å². The minimum atomic E-state index is -1.13. The average molecular weight is 440 g/mol. The maximum absolute atomic E-state index is 12.7. The number of rotatable bonds is 6. The van der Waals surface area contributed by atoms with Crippen LogP contribution in [0, 0.1) is 0 Å². The van der Waals surface area contributed by atoms with Crippen molar-refractivity contribution in [2.75, 3.05) is 5.75 Å². The maximum atomic E-state index is 12.7. The second-order valence-corrected chi connectivity index (χ2v) is 8.70. The van der Waals surface area contributed by atoms with Crippen molar-refractivity contribution in [1.82, 2.24) is 10.2 Å². The van der Waals surface area contributed by atoms with Crippen LogP contribution in [0.4, 0.5) is 0 Å². The van der Waals surface area contributed by atoms with Gasteiger partial charge >= 0.3 is 5.97 Å². The lowest BCUT2D eigenvalue weighted by Crippen LogP contribution is -2.71. The fourth-order valence-corrected chi connectivity index (χ4v) is 5.04. The Hall–Kier alpha value is -3.17. The highest BCUT2D eigenvalue weighted by Crippen LogP contribution is 2.40. The number of pyridine rings is 1. The minimum Gasteiger partial charge on any atom is -0.477 e. The van der Waals surface area contributed by atoms with E-state index in [1.165, 1.54) is 16.7 Å². The number of aromatic nitrogens is 1.